The molecule has 0 aliphatic carbocycles. The predicted octanol–water partition coefficient (Wildman–Crippen LogP) is 3.10. The van der Waals surface area contributed by atoms with Crippen molar-refractivity contribution in [2.75, 3.05) is 18.3 Å². The number of anilines is 1. The number of nitrogens with zero attached hydrogens (tertiary/aromatic N) is 3. The van der Waals surface area contributed by atoms with Gasteiger partial charge in [0, 0.05) is 5.56 Å². The van der Waals surface area contributed by atoms with Crippen LogP contribution in [0.3, 0.4) is 0 Å². The van der Waals surface area contributed by atoms with Crippen molar-refractivity contribution >= 4 is 23.4 Å². The normalized spacial score (nSPS) is 11.8. The Morgan fingerprint density at radius 1 is 1.19 bits per heavy atom. The Kier molecular flexibility index (Phi) is 5.66. The van der Waals surface area contributed by atoms with Crippen LogP contribution in [0.5, 0.6) is 5.75 Å². The number of benzene rings is 2. The van der Waals surface area contributed by atoms with E-state index in [1.807, 2.05) is 43.3 Å². The monoisotopic (exact) mass is 383 g/mol. The van der Waals surface area contributed by atoms with Crippen molar-refractivity contribution in [1.82, 2.24) is 14.9 Å². The molecule has 0 spiro atoms. The van der Waals surface area contributed by atoms with Crippen LogP contribution in [0.15, 0.2) is 53.7 Å². The van der Waals surface area contributed by atoms with Crippen LogP contribution in [0.4, 0.5) is 5.69 Å². The number of carbonyl (C=O) groups is 1. The van der Waals surface area contributed by atoms with Crippen molar-refractivity contribution in [3.05, 3.63) is 54.1 Å². The van der Waals surface area contributed by atoms with Gasteiger partial charge in [-0.05, 0) is 31.5 Å². The average molecular weight is 383 g/mol. The summed E-state index contributed by atoms with van der Waals surface area (Å²) in [7, 11) is 1.56. The molecule has 0 saturated heterocycles. The SMILES string of the molecule is COc1ccccc1NC(=O)[C@@H](C)Sc1nnc(-c2ccccc2C)n1N. The Morgan fingerprint density at radius 3 is 2.63 bits per heavy atom. The van der Waals surface area contributed by atoms with E-state index in [0.29, 0.717) is 22.4 Å². The lowest BCUT2D eigenvalue weighted by Crippen LogP contribution is -2.24. The van der Waals surface area contributed by atoms with Gasteiger partial charge < -0.3 is 15.9 Å². The van der Waals surface area contributed by atoms with Crippen molar-refractivity contribution in [3.8, 4) is 17.1 Å². The molecular formula is C19H21N5O2S. The van der Waals surface area contributed by atoms with E-state index in [9.17, 15) is 4.79 Å². The van der Waals surface area contributed by atoms with Crippen LogP contribution in [0, 0.1) is 6.92 Å². The Bertz CT molecular complexity index is 957. The zero-order chi connectivity index (χ0) is 19.4. The van der Waals surface area contributed by atoms with Crippen molar-refractivity contribution in [1.29, 1.82) is 0 Å². The maximum atomic E-state index is 12.5. The molecule has 140 valence electrons. The number of methoxy groups -OCH3 is 1. The fourth-order valence-electron chi connectivity index (χ4n) is 2.56. The Balaban J connectivity index is 1.74. The molecule has 3 aromatic rings. The largest absolute Gasteiger partial charge is 0.495 e. The van der Waals surface area contributed by atoms with Crippen LogP contribution in [0.1, 0.15) is 12.5 Å². The minimum Gasteiger partial charge on any atom is -0.495 e. The van der Waals surface area contributed by atoms with Gasteiger partial charge in [0.25, 0.3) is 0 Å². The standard InChI is InChI=1S/C19H21N5O2S/c1-12-8-4-5-9-14(12)17-22-23-19(24(17)20)27-13(2)18(25)21-15-10-6-7-11-16(15)26-3/h4-11,13H,20H2,1-3H3,(H,21,25)/t13-/m1/s1. The summed E-state index contributed by atoms with van der Waals surface area (Å²) in [6.45, 7) is 3.78. The number of carbonyl (C=O) groups excluding carboxylic acids is 1. The number of ether oxygens (including phenoxy) is 1. The van der Waals surface area contributed by atoms with Gasteiger partial charge in [-0.1, -0.05) is 48.2 Å². The molecule has 7 nitrogen and oxygen atoms in total. The van der Waals surface area contributed by atoms with E-state index in [4.69, 9.17) is 10.6 Å². The van der Waals surface area contributed by atoms with Crippen LogP contribution >= 0.6 is 11.8 Å². The van der Waals surface area contributed by atoms with Gasteiger partial charge in [0.1, 0.15) is 5.75 Å². The fraction of sp³-hybridized carbons (Fsp3) is 0.211. The van der Waals surface area contributed by atoms with Gasteiger partial charge in [-0.3, -0.25) is 4.79 Å². The number of aryl methyl sites for hydroxylation is 1. The third-order valence-electron chi connectivity index (χ3n) is 4.07. The summed E-state index contributed by atoms with van der Waals surface area (Å²) in [5.74, 6) is 7.16. The van der Waals surface area contributed by atoms with Crippen molar-refractivity contribution in [2.45, 2.75) is 24.3 Å². The number of nitrogens with one attached hydrogen (secondary N) is 1. The lowest BCUT2D eigenvalue weighted by Gasteiger charge is -2.13. The number of hydrogen-bond acceptors (Lipinski definition) is 6. The summed E-state index contributed by atoms with van der Waals surface area (Å²) in [6, 6.07) is 15.1. The number of hydrogen-bond donors (Lipinski definition) is 2. The third kappa shape index (κ3) is 4.06. The maximum Gasteiger partial charge on any atom is 0.237 e. The zero-order valence-electron chi connectivity index (χ0n) is 15.3. The van der Waals surface area contributed by atoms with Crippen molar-refractivity contribution in [2.24, 2.45) is 0 Å². The number of nitrogens with two attached hydrogens (primary N) is 1. The zero-order valence-corrected chi connectivity index (χ0v) is 16.2. The van der Waals surface area contributed by atoms with Crippen molar-refractivity contribution in [3.63, 3.8) is 0 Å². The third-order valence-corrected chi connectivity index (χ3v) is 5.12. The maximum absolute atomic E-state index is 12.5. The summed E-state index contributed by atoms with van der Waals surface area (Å²) >= 11 is 1.24. The number of aromatic nitrogens is 3. The molecule has 8 heteroatoms. The van der Waals surface area contributed by atoms with Gasteiger partial charge in [0.05, 0.1) is 18.0 Å². The van der Waals surface area contributed by atoms with Crippen LogP contribution in [0.25, 0.3) is 11.4 Å². The lowest BCUT2D eigenvalue weighted by atomic mass is 10.1. The first-order chi connectivity index (χ1) is 13.0. The van der Waals surface area contributed by atoms with E-state index in [2.05, 4.69) is 15.5 Å². The first-order valence-corrected chi connectivity index (χ1v) is 9.26. The summed E-state index contributed by atoms with van der Waals surface area (Å²) in [5.41, 5.74) is 2.58. The molecular weight excluding hydrogens is 362 g/mol. The second-order valence-electron chi connectivity index (χ2n) is 5.94. The van der Waals surface area contributed by atoms with E-state index >= 15 is 0 Å². The molecule has 3 rings (SSSR count). The molecule has 0 unspecified atom stereocenters. The van der Waals surface area contributed by atoms with Crippen LogP contribution in [0.2, 0.25) is 0 Å². The molecule has 0 fully saturated rings. The molecule has 1 heterocycles. The van der Waals surface area contributed by atoms with E-state index in [0.717, 1.165) is 11.1 Å². The van der Waals surface area contributed by atoms with Gasteiger partial charge in [0.2, 0.25) is 11.1 Å². The summed E-state index contributed by atoms with van der Waals surface area (Å²) < 4.78 is 6.68. The van der Waals surface area contributed by atoms with Gasteiger partial charge >= 0.3 is 0 Å². The van der Waals surface area contributed by atoms with Gasteiger partial charge in [-0.2, -0.15) is 0 Å². The highest BCUT2D eigenvalue weighted by atomic mass is 32.2. The molecule has 3 N–H and O–H groups in total. The van der Waals surface area contributed by atoms with Crippen LogP contribution < -0.4 is 15.9 Å². The van der Waals surface area contributed by atoms with Gasteiger partial charge in [-0.25, -0.2) is 4.68 Å². The number of para-hydroxylation sites is 2. The summed E-state index contributed by atoms with van der Waals surface area (Å²) in [5, 5.41) is 11.2. The molecule has 1 aromatic heterocycles. The topological polar surface area (TPSA) is 95.1 Å². The highest BCUT2D eigenvalue weighted by molar-refractivity contribution is 8.00. The second-order valence-corrected chi connectivity index (χ2v) is 7.25. The van der Waals surface area contributed by atoms with Crippen LogP contribution in [-0.2, 0) is 4.79 Å². The minimum absolute atomic E-state index is 0.176. The summed E-state index contributed by atoms with van der Waals surface area (Å²) in [4.78, 5) is 12.5. The Morgan fingerprint density at radius 2 is 1.89 bits per heavy atom. The molecule has 27 heavy (non-hydrogen) atoms. The van der Waals surface area contributed by atoms with Crippen LogP contribution in [-0.4, -0.2) is 33.1 Å². The molecule has 0 bridgehead atoms. The molecule has 0 radical (unpaired) electrons. The number of thioether (sulfide) groups is 1. The molecule has 1 amide bonds. The number of amides is 1. The fourth-order valence-corrected chi connectivity index (χ4v) is 3.33. The second kappa shape index (κ2) is 8.13. The predicted molar refractivity (Wildman–Crippen MR) is 107 cm³/mol. The number of rotatable bonds is 6. The molecule has 0 aliphatic rings. The van der Waals surface area contributed by atoms with E-state index in [1.54, 1.807) is 26.2 Å². The smallest absolute Gasteiger partial charge is 0.237 e. The minimum atomic E-state index is -0.425. The summed E-state index contributed by atoms with van der Waals surface area (Å²) in [6.07, 6.45) is 0. The first-order valence-electron chi connectivity index (χ1n) is 8.38. The highest BCUT2D eigenvalue weighted by Crippen LogP contribution is 2.28. The molecule has 0 aliphatic heterocycles. The Hall–Kier alpha value is -3.00. The van der Waals surface area contributed by atoms with Gasteiger partial charge in [-0.15, -0.1) is 10.2 Å². The van der Waals surface area contributed by atoms with E-state index < -0.39 is 5.25 Å². The highest BCUT2D eigenvalue weighted by Gasteiger charge is 2.21. The molecule has 2 aromatic carbocycles. The lowest BCUT2D eigenvalue weighted by molar-refractivity contribution is -0.115. The Labute approximate surface area is 161 Å². The first kappa shape index (κ1) is 18.8. The molecule has 0 saturated carbocycles. The quantitative estimate of drug-likeness (QED) is 0.502. The number of nitrogen functional groups attached to an aromatic ring is 1. The van der Waals surface area contributed by atoms with Crippen molar-refractivity contribution < 1.29 is 9.53 Å². The van der Waals surface area contributed by atoms with E-state index in [-0.39, 0.29) is 5.91 Å². The average Bonchev–Trinajstić information content (AvgIpc) is 3.03. The molecule has 1 atom stereocenters. The van der Waals surface area contributed by atoms with E-state index in [1.165, 1.54) is 16.4 Å². The van der Waals surface area contributed by atoms with Gasteiger partial charge in [0.15, 0.2) is 5.82 Å².